The smallest absolute Gasteiger partial charge is 0.0912 e. The molecule has 15 N–H and O–H groups in total. The van der Waals surface area contributed by atoms with E-state index in [0.717, 1.165) is 30.8 Å². The summed E-state index contributed by atoms with van der Waals surface area (Å²) < 4.78 is 0. The minimum Gasteiger partial charge on any atom is -0.388 e. The van der Waals surface area contributed by atoms with Gasteiger partial charge in [-0.2, -0.15) is 10.5 Å². The first kappa shape index (κ1) is 42.9. The molecule has 49 heavy (non-hydrogen) atoms. The van der Waals surface area contributed by atoms with Gasteiger partial charge in [-0.25, -0.2) is 0 Å². The number of hydrogen-bond donors (Lipinski definition) is 9. The average molecular weight is 684 g/mol. The van der Waals surface area contributed by atoms with Crippen LogP contribution >= 0.6 is 0 Å². The van der Waals surface area contributed by atoms with Gasteiger partial charge in [0.2, 0.25) is 0 Å². The minimum absolute atomic E-state index is 0.178. The Balaban J connectivity index is 2.36. The summed E-state index contributed by atoms with van der Waals surface area (Å²) in [5.41, 5.74) is 37.2. The summed E-state index contributed by atoms with van der Waals surface area (Å²) in [6.07, 6.45) is 3.43. The molecule has 1 aliphatic heterocycles. The van der Waals surface area contributed by atoms with Crippen LogP contribution in [0.2, 0.25) is 0 Å². The Bertz CT molecular complexity index is 1250. The standard InChI is InChI=1S/C38H73N11/c1-14-16-36(11,21-40)34(8,9)37(12,24(5)47-18-22(2)3)19-33(6,7)35(10,20-39)17-15-23(4)48-38(13)25-26(41)27(42)28(43)29(44)30(45)31(46)32(25)49-38/h22,25-32,47-49H,4-5,14-19,41-46H2,1-3,6-13H3. The van der Waals surface area contributed by atoms with Gasteiger partial charge in [0.25, 0.3) is 0 Å². The van der Waals surface area contributed by atoms with E-state index in [0.29, 0.717) is 25.2 Å². The Morgan fingerprint density at radius 3 is 1.78 bits per heavy atom. The average Bonchev–Trinajstić information content (AvgIpc) is 3.02. The number of nitrogens with zero attached hydrogens (tertiary/aromatic N) is 2. The van der Waals surface area contributed by atoms with Crippen LogP contribution in [0.5, 0.6) is 0 Å². The molecule has 11 heteroatoms. The third kappa shape index (κ3) is 7.84. The van der Waals surface area contributed by atoms with Gasteiger partial charge in [-0.1, -0.05) is 75.0 Å². The van der Waals surface area contributed by atoms with Gasteiger partial charge in [0, 0.05) is 71.6 Å². The van der Waals surface area contributed by atoms with Gasteiger partial charge in [-0.15, -0.1) is 0 Å². The van der Waals surface area contributed by atoms with Gasteiger partial charge in [-0.05, 0) is 63.2 Å². The summed E-state index contributed by atoms with van der Waals surface area (Å²) in [6, 6.07) is 1.99. The molecule has 0 aromatic heterocycles. The van der Waals surface area contributed by atoms with Crippen molar-refractivity contribution in [2.75, 3.05) is 6.54 Å². The van der Waals surface area contributed by atoms with Gasteiger partial charge in [-0.3, -0.25) is 5.32 Å². The Morgan fingerprint density at radius 1 is 0.816 bits per heavy atom. The number of nitriles is 2. The maximum absolute atomic E-state index is 10.8. The molecule has 1 aliphatic carbocycles. The zero-order chi connectivity index (χ0) is 38.1. The number of fused-ring (bicyclic) bond motifs is 1. The van der Waals surface area contributed by atoms with Gasteiger partial charge in [0.05, 0.1) is 28.6 Å². The molecule has 0 aromatic rings. The quantitative estimate of drug-likeness (QED) is 0.114. The van der Waals surface area contributed by atoms with Crippen LogP contribution in [0.1, 0.15) is 108 Å². The lowest BCUT2D eigenvalue weighted by molar-refractivity contribution is -0.0427. The van der Waals surface area contributed by atoms with Crippen LogP contribution in [-0.2, 0) is 0 Å². The zero-order valence-electron chi connectivity index (χ0n) is 32.7. The van der Waals surface area contributed by atoms with Crippen LogP contribution in [0.15, 0.2) is 24.6 Å². The maximum Gasteiger partial charge on any atom is 0.0912 e. The van der Waals surface area contributed by atoms with Crippen molar-refractivity contribution in [3.63, 3.8) is 0 Å². The van der Waals surface area contributed by atoms with Crippen molar-refractivity contribution in [1.82, 2.24) is 16.0 Å². The van der Waals surface area contributed by atoms with Crippen molar-refractivity contribution >= 4 is 0 Å². The molecule has 0 radical (unpaired) electrons. The van der Waals surface area contributed by atoms with E-state index >= 15 is 0 Å². The predicted octanol–water partition coefficient (Wildman–Crippen LogP) is 3.22. The molecule has 2 rings (SSSR count). The highest BCUT2D eigenvalue weighted by molar-refractivity contribution is 5.24. The van der Waals surface area contributed by atoms with E-state index in [1.165, 1.54) is 0 Å². The fourth-order valence-electron chi connectivity index (χ4n) is 8.68. The Hall–Kier alpha value is -2.22. The van der Waals surface area contributed by atoms with E-state index in [1.54, 1.807) is 0 Å². The van der Waals surface area contributed by atoms with Crippen molar-refractivity contribution in [2.45, 2.75) is 156 Å². The third-order valence-corrected chi connectivity index (χ3v) is 13.6. The molecule has 11 nitrogen and oxygen atoms in total. The topological polar surface area (TPSA) is 240 Å². The lowest BCUT2D eigenvalue weighted by Gasteiger charge is -2.62. The van der Waals surface area contributed by atoms with Gasteiger partial charge >= 0.3 is 0 Å². The summed E-state index contributed by atoms with van der Waals surface area (Å²) in [7, 11) is 0. The van der Waals surface area contributed by atoms with Gasteiger partial charge in [0.15, 0.2) is 0 Å². The lowest BCUT2D eigenvalue weighted by Crippen LogP contribution is -2.88. The molecule has 1 saturated heterocycles. The molecule has 12 unspecified atom stereocenters. The second-order valence-corrected chi connectivity index (χ2v) is 18.0. The molecule has 1 saturated carbocycles. The molecule has 0 aromatic carbocycles. The third-order valence-electron chi connectivity index (χ3n) is 13.6. The van der Waals surface area contributed by atoms with E-state index in [2.05, 4.69) is 104 Å². The molecule has 0 amide bonds. The van der Waals surface area contributed by atoms with E-state index < -0.39 is 69.0 Å². The molecular weight excluding hydrogens is 610 g/mol. The first-order valence-electron chi connectivity index (χ1n) is 18.3. The van der Waals surface area contributed by atoms with E-state index in [1.807, 2.05) is 13.8 Å². The van der Waals surface area contributed by atoms with Crippen LogP contribution in [0.3, 0.4) is 0 Å². The number of allylic oxidation sites excluding steroid dienone is 2. The van der Waals surface area contributed by atoms with Crippen molar-refractivity contribution in [2.24, 2.45) is 73.3 Å². The molecule has 2 aliphatic rings. The highest BCUT2D eigenvalue weighted by Gasteiger charge is 2.60. The Labute approximate surface area is 298 Å². The normalized spacial score (nSPS) is 34.3. The summed E-state index contributed by atoms with van der Waals surface area (Å²) in [4.78, 5) is 0. The first-order chi connectivity index (χ1) is 22.3. The fraction of sp³-hybridized carbons (Fsp3) is 0.842. The fourth-order valence-corrected chi connectivity index (χ4v) is 8.68. The molecule has 0 bridgehead atoms. The van der Waals surface area contributed by atoms with Crippen molar-refractivity contribution < 1.29 is 0 Å². The van der Waals surface area contributed by atoms with E-state index in [4.69, 9.17) is 34.4 Å². The van der Waals surface area contributed by atoms with Crippen molar-refractivity contribution in [3.05, 3.63) is 24.6 Å². The van der Waals surface area contributed by atoms with Crippen LogP contribution in [0, 0.1) is 61.6 Å². The summed E-state index contributed by atoms with van der Waals surface area (Å²) in [5, 5.41) is 32.1. The Kier molecular flexibility index (Phi) is 13.3. The highest BCUT2D eigenvalue weighted by Crippen LogP contribution is 2.62. The van der Waals surface area contributed by atoms with E-state index in [-0.39, 0.29) is 12.0 Å². The second-order valence-electron chi connectivity index (χ2n) is 18.0. The number of nitrogens with one attached hydrogen (secondary N) is 3. The van der Waals surface area contributed by atoms with Crippen LogP contribution in [0.4, 0.5) is 0 Å². The van der Waals surface area contributed by atoms with Gasteiger partial charge in [0.1, 0.15) is 0 Å². The molecular formula is C38H73N11. The van der Waals surface area contributed by atoms with Crippen LogP contribution in [0.25, 0.3) is 0 Å². The van der Waals surface area contributed by atoms with Crippen molar-refractivity contribution in [1.29, 1.82) is 10.5 Å². The SMILES string of the molecule is C=C(CCC(C)(C#N)C(C)(C)CC(C)(C(=C)NCC(C)C)C(C)(C)C(C)(C#N)CCC)NC1(C)NC2C(N)C(N)C(N)C(N)C(N)C(N)C21. The summed E-state index contributed by atoms with van der Waals surface area (Å²) in [6.45, 7) is 33.3. The largest absolute Gasteiger partial charge is 0.388 e. The molecule has 2 fully saturated rings. The number of nitrogens with two attached hydrogens (primary N) is 6. The summed E-state index contributed by atoms with van der Waals surface area (Å²) in [5.74, 6) is 0.247. The van der Waals surface area contributed by atoms with Gasteiger partial charge < -0.3 is 45.0 Å². The molecule has 0 spiro atoms. The van der Waals surface area contributed by atoms with Crippen LogP contribution < -0.4 is 50.4 Å². The molecule has 12 atom stereocenters. The summed E-state index contributed by atoms with van der Waals surface area (Å²) >= 11 is 0. The second kappa shape index (κ2) is 15.2. The molecule has 1 heterocycles. The number of rotatable bonds is 16. The Morgan fingerprint density at radius 2 is 1.31 bits per heavy atom. The monoisotopic (exact) mass is 684 g/mol. The first-order valence-corrected chi connectivity index (χ1v) is 18.3. The predicted molar refractivity (Wildman–Crippen MR) is 203 cm³/mol. The van der Waals surface area contributed by atoms with Crippen molar-refractivity contribution in [3.8, 4) is 12.1 Å². The van der Waals surface area contributed by atoms with E-state index in [9.17, 15) is 10.5 Å². The highest BCUT2D eigenvalue weighted by atomic mass is 15.3. The zero-order valence-corrected chi connectivity index (χ0v) is 32.7. The molecule has 280 valence electrons. The lowest BCUT2D eigenvalue weighted by atomic mass is 9.46. The van der Waals surface area contributed by atoms with Crippen LogP contribution in [-0.4, -0.2) is 54.5 Å². The number of hydrogen-bond acceptors (Lipinski definition) is 11. The maximum atomic E-state index is 10.8. The minimum atomic E-state index is -0.741.